The van der Waals surface area contributed by atoms with Gasteiger partial charge >= 0.3 is 0 Å². The van der Waals surface area contributed by atoms with Crippen molar-refractivity contribution in [2.24, 2.45) is 5.92 Å². The molecule has 0 bridgehead atoms. The van der Waals surface area contributed by atoms with Crippen LogP contribution in [0.4, 0.5) is 0 Å². The zero-order valence-corrected chi connectivity index (χ0v) is 10.3. The predicted molar refractivity (Wildman–Crippen MR) is 70.0 cm³/mol. The van der Waals surface area contributed by atoms with Gasteiger partial charge in [0, 0.05) is 24.2 Å². The summed E-state index contributed by atoms with van der Waals surface area (Å²) in [6.45, 7) is 2.98. The quantitative estimate of drug-likeness (QED) is 0.856. The molecule has 0 radical (unpaired) electrons. The van der Waals surface area contributed by atoms with Gasteiger partial charge < -0.3 is 9.67 Å². The fraction of sp³-hybridized carbons (Fsp3) is 0.467. The molecule has 17 heavy (non-hydrogen) atoms. The molecule has 1 heterocycles. The lowest BCUT2D eigenvalue weighted by Gasteiger charge is -2.11. The Morgan fingerprint density at radius 3 is 2.82 bits per heavy atom. The van der Waals surface area contributed by atoms with Gasteiger partial charge in [0.05, 0.1) is 6.10 Å². The molecule has 1 aromatic carbocycles. The lowest BCUT2D eigenvalue weighted by molar-refractivity contribution is 0.193. The Morgan fingerprint density at radius 2 is 2.12 bits per heavy atom. The van der Waals surface area contributed by atoms with Crippen molar-refractivity contribution in [3.63, 3.8) is 0 Å². The molecule has 0 amide bonds. The van der Waals surface area contributed by atoms with Crippen molar-refractivity contribution in [1.29, 1.82) is 0 Å². The third-order valence-electron chi connectivity index (χ3n) is 3.54. The SMILES string of the molecule is CC(O)Cc1cc2ccccc2n1CC1CC1. The largest absolute Gasteiger partial charge is 0.393 e. The van der Waals surface area contributed by atoms with Crippen molar-refractivity contribution in [3.05, 3.63) is 36.0 Å². The van der Waals surface area contributed by atoms with Gasteiger partial charge in [-0.15, -0.1) is 0 Å². The van der Waals surface area contributed by atoms with Crippen LogP contribution in [-0.2, 0) is 13.0 Å². The van der Waals surface area contributed by atoms with Crippen LogP contribution in [0, 0.1) is 5.92 Å². The first-order valence-electron chi connectivity index (χ1n) is 6.49. The molecule has 1 saturated carbocycles. The highest BCUT2D eigenvalue weighted by Crippen LogP contribution is 2.33. The highest BCUT2D eigenvalue weighted by Gasteiger charge is 2.23. The van der Waals surface area contributed by atoms with Crippen LogP contribution in [-0.4, -0.2) is 15.8 Å². The van der Waals surface area contributed by atoms with Crippen LogP contribution in [0.5, 0.6) is 0 Å². The highest BCUT2D eigenvalue weighted by molar-refractivity contribution is 5.81. The van der Waals surface area contributed by atoms with Gasteiger partial charge in [-0.1, -0.05) is 18.2 Å². The molecule has 1 N–H and O–H groups in total. The Hall–Kier alpha value is -1.28. The van der Waals surface area contributed by atoms with E-state index in [-0.39, 0.29) is 6.10 Å². The van der Waals surface area contributed by atoms with Crippen LogP contribution in [0.1, 0.15) is 25.5 Å². The fourth-order valence-electron chi connectivity index (χ4n) is 2.51. The van der Waals surface area contributed by atoms with Gasteiger partial charge in [-0.05, 0) is 43.2 Å². The van der Waals surface area contributed by atoms with Gasteiger partial charge in [-0.25, -0.2) is 0 Å². The van der Waals surface area contributed by atoms with E-state index in [4.69, 9.17) is 0 Å². The molecule has 1 fully saturated rings. The lowest BCUT2D eigenvalue weighted by atomic mass is 10.2. The first-order chi connectivity index (χ1) is 8.24. The van der Waals surface area contributed by atoms with Gasteiger partial charge in [-0.2, -0.15) is 0 Å². The summed E-state index contributed by atoms with van der Waals surface area (Å²) in [5.74, 6) is 0.860. The summed E-state index contributed by atoms with van der Waals surface area (Å²) in [6, 6.07) is 10.7. The van der Waals surface area contributed by atoms with Gasteiger partial charge in [0.1, 0.15) is 0 Å². The molecular formula is C15H19NO. The van der Waals surface area contributed by atoms with Crippen molar-refractivity contribution in [2.45, 2.75) is 38.8 Å². The maximum atomic E-state index is 9.59. The summed E-state index contributed by atoms with van der Waals surface area (Å²) in [7, 11) is 0. The van der Waals surface area contributed by atoms with E-state index in [1.807, 2.05) is 6.92 Å². The first-order valence-corrected chi connectivity index (χ1v) is 6.49. The minimum atomic E-state index is -0.266. The molecule has 1 aliphatic carbocycles. The molecule has 1 aromatic heterocycles. The zero-order valence-electron chi connectivity index (χ0n) is 10.3. The maximum absolute atomic E-state index is 9.59. The van der Waals surface area contributed by atoms with Crippen LogP contribution in [0.3, 0.4) is 0 Å². The molecule has 1 unspecified atom stereocenters. The summed E-state index contributed by atoms with van der Waals surface area (Å²) in [5, 5.41) is 10.9. The number of benzene rings is 1. The van der Waals surface area contributed by atoms with Crippen LogP contribution < -0.4 is 0 Å². The molecule has 1 aliphatic rings. The number of para-hydroxylation sites is 1. The van der Waals surface area contributed by atoms with Crippen molar-refractivity contribution in [2.75, 3.05) is 0 Å². The van der Waals surface area contributed by atoms with E-state index in [2.05, 4.69) is 34.9 Å². The summed E-state index contributed by atoms with van der Waals surface area (Å²) >= 11 is 0. The molecule has 3 rings (SSSR count). The van der Waals surface area contributed by atoms with Crippen molar-refractivity contribution < 1.29 is 5.11 Å². The summed E-state index contributed by atoms with van der Waals surface area (Å²) in [5.41, 5.74) is 2.59. The lowest BCUT2D eigenvalue weighted by Crippen LogP contribution is -2.11. The Kier molecular flexibility index (Phi) is 2.67. The molecule has 90 valence electrons. The number of fused-ring (bicyclic) bond motifs is 1. The third-order valence-corrected chi connectivity index (χ3v) is 3.54. The summed E-state index contributed by atoms with van der Waals surface area (Å²) in [6.07, 6.45) is 3.21. The van der Waals surface area contributed by atoms with E-state index < -0.39 is 0 Å². The van der Waals surface area contributed by atoms with Crippen LogP contribution >= 0.6 is 0 Å². The van der Waals surface area contributed by atoms with E-state index in [0.29, 0.717) is 0 Å². The van der Waals surface area contributed by atoms with Gasteiger partial charge in [0.15, 0.2) is 0 Å². The standard InChI is InChI=1S/C15H19NO/c1-11(17)8-14-9-13-4-2-3-5-15(13)16(14)10-12-6-7-12/h2-5,9,11-12,17H,6-8,10H2,1H3. The van der Waals surface area contributed by atoms with Crippen LogP contribution in [0.15, 0.2) is 30.3 Å². The number of aliphatic hydroxyl groups excluding tert-OH is 1. The predicted octanol–water partition coefficient (Wildman–Crippen LogP) is 2.97. The number of aromatic nitrogens is 1. The average molecular weight is 229 g/mol. The van der Waals surface area contributed by atoms with Crippen LogP contribution in [0.2, 0.25) is 0 Å². The van der Waals surface area contributed by atoms with E-state index >= 15 is 0 Å². The number of rotatable bonds is 4. The molecule has 0 aliphatic heterocycles. The molecule has 2 aromatic rings. The summed E-state index contributed by atoms with van der Waals surface area (Å²) < 4.78 is 2.40. The second kappa shape index (κ2) is 4.19. The average Bonchev–Trinajstić information content (AvgIpc) is 3.03. The number of aliphatic hydroxyl groups is 1. The fourth-order valence-corrected chi connectivity index (χ4v) is 2.51. The molecule has 0 spiro atoms. The number of nitrogens with zero attached hydrogens (tertiary/aromatic N) is 1. The van der Waals surface area contributed by atoms with E-state index in [0.717, 1.165) is 18.9 Å². The molecule has 2 nitrogen and oxygen atoms in total. The zero-order chi connectivity index (χ0) is 11.8. The monoisotopic (exact) mass is 229 g/mol. The Balaban J connectivity index is 2.04. The van der Waals surface area contributed by atoms with Crippen LogP contribution in [0.25, 0.3) is 10.9 Å². The first kappa shape index (κ1) is 10.8. The number of hydrogen-bond acceptors (Lipinski definition) is 1. The second-order valence-electron chi connectivity index (χ2n) is 5.30. The van der Waals surface area contributed by atoms with Crippen molar-refractivity contribution in [3.8, 4) is 0 Å². The molecule has 2 heteroatoms. The third kappa shape index (κ3) is 2.22. The highest BCUT2D eigenvalue weighted by atomic mass is 16.3. The van der Waals surface area contributed by atoms with Gasteiger partial charge in [0.2, 0.25) is 0 Å². The van der Waals surface area contributed by atoms with Gasteiger partial charge in [-0.3, -0.25) is 0 Å². The molecule has 1 atom stereocenters. The van der Waals surface area contributed by atoms with Crippen molar-refractivity contribution in [1.82, 2.24) is 4.57 Å². The number of hydrogen-bond donors (Lipinski definition) is 1. The minimum Gasteiger partial charge on any atom is -0.393 e. The normalized spacial score (nSPS) is 17.5. The molecular weight excluding hydrogens is 210 g/mol. The summed E-state index contributed by atoms with van der Waals surface area (Å²) in [4.78, 5) is 0. The van der Waals surface area contributed by atoms with Crippen molar-refractivity contribution >= 4 is 10.9 Å². The molecule has 0 saturated heterocycles. The Morgan fingerprint density at radius 1 is 1.35 bits per heavy atom. The smallest absolute Gasteiger partial charge is 0.0566 e. The van der Waals surface area contributed by atoms with Gasteiger partial charge in [0.25, 0.3) is 0 Å². The maximum Gasteiger partial charge on any atom is 0.0566 e. The topological polar surface area (TPSA) is 25.2 Å². The van der Waals surface area contributed by atoms with E-state index in [9.17, 15) is 5.11 Å². The van der Waals surface area contributed by atoms with E-state index in [1.165, 1.54) is 29.4 Å². The van der Waals surface area contributed by atoms with E-state index in [1.54, 1.807) is 0 Å². The minimum absolute atomic E-state index is 0.266. The Bertz CT molecular complexity index is 523. The second-order valence-corrected chi connectivity index (χ2v) is 5.30. The Labute approximate surface area is 102 Å².